The second-order valence-electron chi connectivity index (χ2n) is 4.68. The van der Waals surface area contributed by atoms with E-state index in [1.54, 1.807) is 20.8 Å². The molecule has 3 nitrogen and oxygen atoms in total. The predicted molar refractivity (Wildman–Crippen MR) is 67.1 cm³/mol. The first kappa shape index (κ1) is 14.9. The van der Waals surface area contributed by atoms with E-state index in [2.05, 4.69) is 21.2 Å². The molecule has 0 saturated carbocycles. The van der Waals surface area contributed by atoms with E-state index in [9.17, 15) is 13.6 Å². The zero-order valence-corrected chi connectivity index (χ0v) is 11.9. The van der Waals surface area contributed by atoms with E-state index in [1.165, 1.54) is 6.07 Å². The molecule has 0 aromatic heterocycles. The van der Waals surface area contributed by atoms with Crippen molar-refractivity contribution in [2.45, 2.75) is 32.9 Å². The molecule has 0 unspecified atom stereocenters. The van der Waals surface area contributed by atoms with Gasteiger partial charge >= 0.3 is 6.09 Å². The molecule has 100 valence electrons. The summed E-state index contributed by atoms with van der Waals surface area (Å²) < 4.78 is 32.0. The molecular formula is C12H14BrF2NO2. The van der Waals surface area contributed by atoms with Gasteiger partial charge in [-0.1, -0.05) is 0 Å². The van der Waals surface area contributed by atoms with Gasteiger partial charge in [-0.25, -0.2) is 13.6 Å². The highest BCUT2D eigenvalue weighted by Gasteiger charge is 2.18. The van der Waals surface area contributed by atoms with Crippen molar-refractivity contribution in [2.24, 2.45) is 0 Å². The van der Waals surface area contributed by atoms with Crippen LogP contribution in [0.25, 0.3) is 0 Å². The van der Waals surface area contributed by atoms with Crippen molar-refractivity contribution in [1.29, 1.82) is 0 Å². The lowest BCUT2D eigenvalue weighted by Gasteiger charge is -2.19. The Balaban J connectivity index is 2.70. The quantitative estimate of drug-likeness (QED) is 0.842. The van der Waals surface area contributed by atoms with Gasteiger partial charge in [-0.2, -0.15) is 0 Å². The van der Waals surface area contributed by atoms with Crippen LogP contribution < -0.4 is 5.32 Å². The van der Waals surface area contributed by atoms with Gasteiger partial charge in [0.25, 0.3) is 0 Å². The van der Waals surface area contributed by atoms with Crippen LogP contribution in [0.1, 0.15) is 26.3 Å². The second-order valence-corrected chi connectivity index (χ2v) is 5.53. The Morgan fingerprint density at radius 3 is 2.56 bits per heavy atom. The Morgan fingerprint density at radius 2 is 2.00 bits per heavy atom. The fourth-order valence-electron chi connectivity index (χ4n) is 1.21. The number of carbonyl (C=O) groups is 1. The molecule has 0 spiro atoms. The summed E-state index contributed by atoms with van der Waals surface area (Å²) in [6.45, 7) is 4.83. The van der Waals surface area contributed by atoms with E-state index in [4.69, 9.17) is 4.74 Å². The standard InChI is InChI=1S/C12H14BrF2NO2/c1-12(2,3)18-11(17)16-6-7-9(14)5-4-8(13)10(7)15/h4-5H,6H2,1-3H3,(H,16,17). The topological polar surface area (TPSA) is 38.3 Å². The van der Waals surface area contributed by atoms with Crippen LogP contribution in [0.15, 0.2) is 16.6 Å². The summed E-state index contributed by atoms with van der Waals surface area (Å²) in [4.78, 5) is 11.3. The van der Waals surface area contributed by atoms with E-state index < -0.39 is 23.3 Å². The molecule has 0 aliphatic carbocycles. The lowest BCUT2D eigenvalue weighted by molar-refractivity contribution is 0.0522. The zero-order chi connectivity index (χ0) is 13.9. The molecule has 0 aliphatic rings. The molecule has 1 aromatic rings. The minimum Gasteiger partial charge on any atom is -0.444 e. The summed E-state index contributed by atoms with van der Waals surface area (Å²) in [5, 5.41) is 2.30. The molecule has 1 N–H and O–H groups in total. The average molecular weight is 322 g/mol. The van der Waals surface area contributed by atoms with Crippen LogP contribution in [-0.2, 0) is 11.3 Å². The van der Waals surface area contributed by atoms with E-state index >= 15 is 0 Å². The van der Waals surface area contributed by atoms with Crippen molar-refractivity contribution >= 4 is 22.0 Å². The molecule has 0 saturated heterocycles. The van der Waals surface area contributed by atoms with E-state index in [0.29, 0.717) is 0 Å². The number of rotatable bonds is 2. The van der Waals surface area contributed by atoms with Gasteiger partial charge < -0.3 is 10.1 Å². The highest BCUT2D eigenvalue weighted by Crippen LogP contribution is 2.21. The van der Waals surface area contributed by atoms with Crippen LogP contribution in [0.3, 0.4) is 0 Å². The first-order valence-corrected chi connectivity index (χ1v) is 6.09. The van der Waals surface area contributed by atoms with Crippen molar-refractivity contribution in [1.82, 2.24) is 5.32 Å². The number of halogens is 3. The van der Waals surface area contributed by atoms with Crippen molar-refractivity contribution in [3.05, 3.63) is 33.8 Å². The maximum Gasteiger partial charge on any atom is 0.407 e. The van der Waals surface area contributed by atoms with Crippen molar-refractivity contribution in [3.63, 3.8) is 0 Å². The number of amides is 1. The van der Waals surface area contributed by atoms with Crippen LogP contribution in [0.5, 0.6) is 0 Å². The minimum atomic E-state index is -0.731. The van der Waals surface area contributed by atoms with Crippen molar-refractivity contribution in [3.8, 4) is 0 Å². The summed E-state index contributed by atoms with van der Waals surface area (Å²) >= 11 is 2.95. The first-order chi connectivity index (χ1) is 8.20. The molecule has 6 heteroatoms. The van der Waals surface area contributed by atoms with Gasteiger partial charge in [-0.3, -0.25) is 0 Å². The highest BCUT2D eigenvalue weighted by atomic mass is 79.9. The first-order valence-electron chi connectivity index (χ1n) is 5.30. The van der Waals surface area contributed by atoms with Crippen LogP contribution in [0.2, 0.25) is 0 Å². The van der Waals surface area contributed by atoms with Gasteiger partial charge in [-0.15, -0.1) is 0 Å². The van der Waals surface area contributed by atoms with Gasteiger partial charge in [-0.05, 0) is 48.8 Å². The van der Waals surface area contributed by atoms with Crippen LogP contribution in [0.4, 0.5) is 13.6 Å². The van der Waals surface area contributed by atoms with E-state index in [-0.39, 0.29) is 16.6 Å². The Kier molecular flexibility index (Phi) is 4.67. The van der Waals surface area contributed by atoms with Crippen LogP contribution in [0, 0.1) is 11.6 Å². The van der Waals surface area contributed by atoms with E-state index in [0.717, 1.165) is 6.07 Å². The summed E-state index contributed by atoms with van der Waals surface area (Å²) in [5.74, 6) is -1.45. The van der Waals surface area contributed by atoms with Crippen molar-refractivity contribution < 1.29 is 18.3 Å². The highest BCUT2D eigenvalue weighted by molar-refractivity contribution is 9.10. The van der Waals surface area contributed by atoms with Crippen molar-refractivity contribution in [2.75, 3.05) is 0 Å². The third kappa shape index (κ3) is 4.25. The molecular weight excluding hydrogens is 308 g/mol. The zero-order valence-electron chi connectivity index (χ0n) is 10.3. The molecule has 0 aliphatic heterocycles. The molecule has 1 rings (SSSR count). The Bertz CT molecular complexity index is 458. The molecule has 1 aromatic carbocycles. The monoisotopic (exact) mass is 321 g/mol. The summed E-state index contributed by atoms with van der Waals surface area (Å²) in [5.41, 5.74) is -0.867. The lowest BCUT2D eigenvalue weighted by Crippen LogP contribution is -2.32. The number of nitrogens with one attached hydrogen (secondary N) is 1. The fourth-order valence-corrected chi connectivity index (χ4v) is 1.58. The van der Waals surface area contributed by atoms with Gasteiger partial charge in [0.1, 0.15) is 17.2 Å². The second kappa shape index (κ2) is 5.65. The molecule has 0 atom stereocenters. The predicted octanol–water partition coefficient (Wildman–Crippen LogP) is 3.75. The van der Waals surface area contributed by atoms with Crippen LogP contribution in [-0.4, -0.2) is 11.7 Å². The summed E-state index contributed by atoms with van der Waals surface area (Å²) in [6.07, 6.45) is -0.721. The number of alkyl carbamates (subject to hydrolysis) is 1. The molecule has 0 bridgehead atoms. The number of carbonyl (C=O) groups excluding carboxylic acids is 1. The number of hydrogen-bond donors (Lipinski definition) is 1. The van der Waals surface area contributed by atoms with Gasteiger partial charge in [0.2, 0.25) is 0 Å². The largest absolute Gasteiger partial charge is 0.444 e. The normalized spacial score (nSPS) is 11.2. The number of hydrogen-bond acceptors (Lipinski definition) is 2. The van der Waals surface area contributed by atoms with Gasteiger partial charge in [0.15, 0.2) is 0 Å². The Morgan fingerprint density at radius 1 is 1.39 bits per heavy atom. The van der Waals surface area contributed by atoms with Gasteiger partial charge in [0.05, 0.1) is 11.0 Å². The molecule has 18 heavy (non-hydrogen) atoms. The average Bonchev–Trinajstić information content (AvgIpc) is 2.21. The molecule has 0 heterocycles. The Labute approximate surface area is 113 Å². The summed E-state index contributed by atoms with van der Waals surface area (Å²) in [7, 11) is 0. The number of ether oxygens (including phenoxy) is 1. The number of benzene rings is 1. The van der Waals surface area contributed by atoms with Crippen LogP contribution >= 0.6 is 15.9 Å². The Hall–Kier alpha value is -1.17. The lowest BCUT2D eigenvalue weighted by atomic mass is 10.2. The smallest absolute Gasteiger partial charge is 0.407 e. The third-order valence-corrected chi connectivity index (χ3v) is 2.56. The maximum atomic E-state index is 13.6. The SMILES string of the molecule is CC(C)(C)OC(=O)NCc1c(F)ccc(Br)c1F. The summed E-state index contributed by atoms with van der Waals surface area (Å²) in [6, 6.07) is 2.39. The van der Waals surface area contributed by atoms with Gasteiger partial charge in [0, 0.05) is 5.56 Å². The maximum absolute atomic E-state index is 13.6. The van der Waals surface area contributed by atoms with E-state index in [1.807, 2.05) is 0 Å². The third-order valence-electron chi connectivity index (χ3n) is 1.95. The molecule has 0 fully saturated rings. The molecule has 1 amide bonds. The fraction of sp³-hybridized carbons (Fsp3) is 0.417. The minimum absolute atomic E-state index is 0.143. The molecule has 0 radical (unpaired) electrons.